The number of carbonyl (C=O) groups is 2. The first-order chi connectivity index (χ1) is 8.66. The molecule has 0 unspecified atom stereocenters. The molecule has 0 bridgehead atoms. The lowest BCUT2D eigenvalue weighted by Gasteiger charge is -2.12. The molecule has 3 N–H and O–H groups in total. The number of aliphatic carboxylic acids is 1. The third-order valence-corrected chi connectivity index (χ3v) is 3.20. The van der Waals surface area contributed by atoms with E-state index in [9.17, 15) is 9.59 Å². The van der Waals surface area contributed by atoms with Crippen molar-refractivity contribution in [3.8, 4) is 0 Å². The molecule has 0 aromatic carbocycles. The van der Waals surface area contributed by atoms with Gasteiger partial charge in [-0.15, -0.1) is 11.3 Å². The fourth-order valence-electron chi connectivity index (χ4n) is 1.45. The molecule has 1 atom stereocenters. The Labute approximate surface area is 107 Å². The highest BCUT2D eigenvalue weighted by atomic mass is 32.1. The van der Waals surface area contributed by atoms with E-state index < -0.39 is 12.0 Å². The van der Waals surface area contributed by atoms with Gasteiger partial charge in [0, 0.05) is 18.3 Å². The Hall–Kier alpha value is -2.15. The number of imidazole rings is 1. The van der Waals surface area contributed by atoms with E-state index in [-0.39, 0.29) is 12.3 Å². The Morgan fingerprint density at radius 2 is 2.39 bits per heavy atom. The van der Waals surface area contributed by atoms with Crippen LogP contribution in [0.3, 0.4) is 0 Å². The monoisotopic (exact) mass is 265 g/mol. The minimum Gasteiger partial charge on any atom is -0.480 e. The average Bonchev–Trinajstić information content (AvgIpc) is 3.00. The molecular formula is C11H11N3O3S. The summed E-state index contributed by atoms with van der Waals surface area (Å²) in [5.74, 6) is -1.45. The summed E-state index contributed by atoms with van der Waals surface area (Å²) in [5, 5.41) is 13.3. The molecule has 0 aliphatic carbocycles. The number of nitrogens with one attached hydrogen (secondary N) is 2. The molecule has 6 nitrogen and oxygen atoms in total. The van der Waals surface area contributed by atoms with Crippen molar-refractivity contribution in [2.75, 3.05) is 0 Å². The largest absolute Gasteiger partial charge is 0.480 e. The lowest BCUT2D eigenvalue weighted by Crippen LogP contribution is -2.42. The molecule has 0 spiro atoms. The van der Waals surface area contributed by atoms with Gasteiger partial charge < -0.3 is 15.4 Å². The number of nitrogens with zero attached hydrogens (tertiary/aromatic N) is 1. The minimum atomic E-state index is -1.07. The number of rotatable bonds is 5. The Morgan fingerprint density at radius 3 is 2.94 bits per heavy atom. The van der Waals surface area contributed by atoms with Gasteiger partial charge in [-0.05, 0) is 11.4 Å². The number of carboxylic acids is 1. The zero-order chi connectivity index (χ0) is 13.0. The van der Waals surface area contributed by atoms with Crippen molar-refractivity contribution in [1.82, 2.24) is 15.3 Å². The van der Waals surface area contributed by atoms with Crippen LogP contribution in [0.2, 0.25) is 0 Å². The molecule has 0 fully saturated rings. The Bertz CT molecular complexity index is 522. The standard InChI is InChI=1S/C11H11N3O3S/c15-10(9-2-1-3-18-9)14-8(11(16)17)4-7-5-12-6-13-7/h1-3,5-6,8H,4H2,(H,12,13)(H,14,15)(H,16,17)/t8-/m0/s1. The zero-order valence-electron chi connectivity index (χ0n) is 9.29. The fraction of sp³-hybridized carbons (Fsp3) is 0.182. The third-order valence-electron chi connectivity index (χ3n) is 2.33. The fourth-order valence-corrected chi connectivity index (χ4v) is 2.08. The summed E-state index contributed by atoms with van der Waals surface area (Å²) in [7, 11) is 0. The Balaban J connectivity index is 2.03. The van der Waals surface area contributed by atoms with E-state index in [0.717, 1.165) is 0 Å². The molecule has 94 valence electrons. The summed E-state index contributed by atoms with van der Waals surface area (Å²) in [5.41, 5.74) is 0.661. The van der Waals surface area contributed by atoms with Crippen LogP contribution in [0.15, 0.2) is 30.0 Å². The maximum Gasteiger partial charge on any atom is 0.326 e. The molecule has 2 aromatic rings. The molecule has 0 saturated heterocycles. The summed E-state index contributed by atoms with van der Waals surface area (Å²) >= 11 is 1.27. The van der Waals surface area contributed by atoms with Gasteiger partial charge in [0.1, 0.15) is 6.04 Å². The molecule has 7 heteroatoms. The molecule has 2 aromatic heterocycles. The number of carbonyl (C=O) groups excluding carboxylic acids is 1. The van der Waals surface area contributed by atoms with E-state index in [4.69, 9.17) is 5.11 Å². The van der Waals surface area contributed by atoms with Crippen molar-refractivity contribution in [1.29, 1.82) is 0 Å². The molecular weight excluding hydrogens is 254 g/mol. The van der Waals surface area contributed by atoms with Gasteiger partial charge in [-0.25, -0.2) is 9.78 Å². The SMILES string of the molecule is O=C(N[C@@H](Cc1cnc[nH]1)C(=O)O)c1cccs1. The van der Waals surface area contributed by atoms with Crippen molar-refractivity contribution in [3.05, 3.63) is 40.6 Å². The van der Waals surface area contributed by atoms with Crippen molar-refractivity contribution in [2.24, 2.45) is 0 Å². The summed E-state index contributed by atoms with van der Waals surface area (Å²) in [6, 6.07) is 2.42. The molecule has 0 saturated carbocycles. The first kappa shape index (κ1) is 12.3. The zero-order valence-corrected chi connectivity index (χ0v) is 10.1. The summed E-state index contributed by atoms with van der Waals surface area (Å²) in [6.07, 6.45) is 3.18. The number of hydrogen-bond acceptors (Lipinski definition) is 4. The van der Waals surface area contributed by atoms with Crippen LogP contribution in [0, 0.1) is 0 Å². The molecule has 18 heavy (non-hydrogen) atoms. The van der Waals surface area contributed by atoms with Crippen LogP contribution in [-0.4, -0.2) is 33.0 Å². The number of carboxylic acid groups (broad SMARTS) is 1. The van der Waals surface area contributed by atoms with Crippen molar-refractivity contribution >= 4 is 23.2 Å². The van der Waals surface area contributed by atoms with Crippen LogP contribution >= 0.6 is 11.3 Å². The van der Waals surface area contributed by atoms with Gasteiger partial charge in [0.15, 0.2) is 0 Å². The van der Waals surface area contributed by atoms with E-state index >= 15 is 0 Å². The Morgan fingerprint density at radius 1 is 1.56 bits per heavy atom. The van der Waals surface area contributed by atoms with Crippen molar-refractivity contribution in [2.45, 2.75) is 12.5 Å². The normalized spacial score (nSPS) is 12.0. The van der Waals surface area contributed by atoms with E-state index in [0.29, 0.717) is 10.6 Å². The quantitative estimate of drug-likeness (QED) is 0.748. The van der Waals surface area contributed by atoms with E-state index in [2.05, 4.69) is 15.3 Å². The number of aromatic amines is 1. The van der Waals surface area contributed by atoms with Crippen molar-refractivity contribution in [3.63, 3.8) is 0 Å². The van der Waals surface area contributed by atoms with Gasteiger partial charge >= 0.3 is 5.97 Å². The number of amides is 1. The maximum absolute atomic E-state index is 11.8. The van der Waals surface area contributed by atoms with Crippen LogP contribution < -0.4 is 5.32 Å². The first-order valence-electron chi connectivity index (χ1n) is 5.21. The Kier molecular flexibility index (Phi) is 3.73. The second-order valence-corrected chi connectivity index (χ2v) is 4.57. The molecule has 2 heterocycles. The highest BCUT2D eigenvalue weighted by Gasteiger charge is 2.21. The van der Waals surface area contributed by atoms with Crippen LogP contribution in [0.1, 0.15) is 15.4 Å². The maximum atomic E-state index is 11.8. The first-order valence-corrected chi connectivity index (χ1v) is 6.09. The number of thiophene rings is 1. The number of hydrogen-bond donors (Lipinski definition) is 3. The van der Waals surface area contributed by atoms with Gasteiger partial charge in [0.2, 0.25) is 0 Å². The second kappa shape index (κ2) is 5.46. The summed E-state index contributed by atoms with van der Waals surface area (Å²) in [6.45, 7) is 0. The molecule has 0 radical (unpaired) electrons. The van der Waals surface area contributed by atoms with E-state index in [1.165, 1.54) is 23.9 Å². The highest BCUT2D eigenvalue weighted by Crippen LogP contribution is 2.09. The predicted octanol–water partition coefficient (Wildman–Crippen LogP) is 0.897. The number of aromatic nitrogens is 2. The third kappa shape index (κ3) is 2.95. The van der Waals surface area contributed by atoms with Gasteiger partial charge in [-0.1, -0.05) is 6.07 Å². The van der Waals surface area contributed by atoms with Gasteiger partial charge in [0.05, 0.1) is 11.2 Å². The molecule has 0 aliphatic rings. The van der Waals surface area contributed by atoms with Gasteiger partial charge in [0.25, 0.3) is 5.91 Å². The van der Waals surface area contributed by atoms with Gasteiger partial charge in [-0.2, -0.15) is 0 Å². The van der Waals surface area contributed by atoms with E-state index in [1.54, 1.807) is 17.5 Å². The molecule has 1 amide bonds. The smallest absolute Gasteiger partial charge is 0.326 e. The van der Waals surface area contributed by atoms with Crippen LogP contribution in [0.25, 0.3) is 0 Å². The second-order valence-electron chi connectivity index (χ2n) is 3.62. The average molecular weight is 265 g/mol. The summed E-state index contributed by atoms with van der Waals surface area (Å²) in [4.78, 5) is 29.9. The van der Waals surface area contributed by atoms with E-state index in [1.807, 2.05) is 0 Å². The number of H-pyrrole nitrogens is 1. The summed E-state index contributed by atoms with van der Waals surface area (Å²) < 4.78 is 0. The minimum absolute atomic E-state index is 0.173. The lowest BCUT2D eigenvalue weighted by atomic mass is 10.1. The molecule has 0 aliphatic heterocycles. The predicted molar refractivity (Wildman–Crippen MR) is 65.5 cm³/mol. The van der Waals surface area contributed by atoms with Crippen LogP contribution in [0.5, 0.6) is 0 Å². The lowest BCUT2D eigenvalue weighted by molar-refractivity contribution is -0.139. The highest BCUT2D eigenvalue weighted by molar-refractivity contribution is 7.12. The van der Waals surface area contributed by atoms with Gasteiger partial charge in [-0.3, -0.25) is 4.79 Å². The molecule has 2 rings (SSSR count). The van der Waals surface area contributed by atoms with Crippen LogP contribution in [-0.2, 0) is 11.2 Å². The van der Waals surface area contributed by atoms with Crippen molar-refractivity contribution < 1.29 is 14.7 Å². The van der Waals surface area contributed by atoms with Crippen LogP contribution in [0.4, 0.5) is 0 Å². The topological polar surface area (TPSA) is 95.1 Å².